The molecule has 1 spiro atoms. The molecule has 19 heavy (non-hydrogen) atoms. The van der Waals surface area contributed by atoms with E-state index in [0.717, 1.165) is 0 Å². The Morgan fingerprint density at radius 1 is 1.58 bits per heavy atom. The summed E-state index contributed by atoms with van der Waals surface area (Å²) in [6.07, 6.45) is 5.47. The SMILES string of the molecule is CC#CC#C/C=C1/C=C[C@]2(C[C@@H](OC(C)=O)CO2)O1. The molecular weight excluding hydrogens is 244 g/mol. The van der Waals surface area contributed by atoms with Crippen LogP contribution < -0.4 is 0 Å². The van der Waals surface area contributed by atoms with E-state index >= 15 is 0 Å². The predicted octanol–water partition coefficient (Wildman–Crippen LogP) is 1.53. The molecular formula is C15H14O4. The molecule has 0 aromatic carbocycles. The van der Waals surface area contributed by atoms with E-state index in [9.17, 15) is 4.79 Å². The third-order valence-corrected chi connectivity index (χ3v) is 2.62. The Bertz CT molecular complexity index is 550. The van der Waals surface area contributed by atoms with Crippen LogP contribution in [0.15, 0.2) is 24.0 Å². The summed E-state index contributed by atoms with van der Waals surface area (Å²) in [6.45, 7) is 3.44. The molecule has 1 saturated heterocycles. The average molecular weight is 258 g/mol. The van der Waals surface area contributed by atoms with E-state index in [1.807, 2.05) is 6.08 Å². The smallest absolute Gasteiger partial charge is 0.302 e. The Labute approximate surface area is 112 Å². The van der Waals surface area contributed by atoms with Gasteiger partial charge in [-0.3, -0.25) is 4.79 Å². The number of carbonyl (C=O) groups excluding carboxylic acids is 1. The maximum Gasteiger partial charge on any atom is 0.302 e. The number of hydrogen-bond acceptors (Lipinski definition) is 4. The highest BCUT2D eigenvalue weighted by Gasteiger charge is 2.44. The molecule has 4 nitrogen and oxygen atoms in total. The first kappa shape index (κ1) is 13.3. The third-order valence-electron chi connectivity index (χ3n) is 2.62. The lowest BCUT2D eigenvalue weighted by Crippen LogP contribution is -2.26. The maximum absolute atomic E-state index is 10.9. The van der Waals surface area contributed by atoms with Gasteiger partial charge in [0, 0.05) is 13.0 Å². The molecule has 0 aliphatic carbocycles. The minimum absolute atomic E-state index is 0.265. The van der Waals surface area contributed by atoms with Crippen molar-refractivity contribution in [3.8, 4) is 23.7 Å². The Balaban J connectivity index is 1.96. The topological polar surface area (TPSA) is 44.8 Å². The molecule has 2 aliphatic heterocycles. The van der Waals surface area contributed by atoms with Gasteiger partial charge in [0.1, 0.15) is 11.9 Å². The molecule has 0 N–H and O–H groups in total. The van der Waals surface area contributed by atoms with Crippen LogP contribution in [0.1, 0.15) is 20.3 Å². The van der Waals surface area contributed by atoms with Crippen LogP contribution in [0.4, 0.5) is 0 Å². The van der Waals surface area contributed by atoms with Crippen molar-refractivity contribution in [3.05, 3.63) is 24.0 Å². The van der Waals surface area contributed by atoms with Crippen molar-refractivity contribution in [2.45, 2.75) is 32.2 Å². The number of ether oxygens (including phenoxy) is 3. The molecule has 0 saturated carbocycles. The lowest BCUT2D eigenvalue weighted by atomic mass is 10.1. The number of esters is 1. The van der Waals surface area contributed by atoms with E-state index in [2.05, 4.69) is 23.7 Å². The van der Waals surface area contributed by atoms with E-state index in [1.165, 1.54) is 6.92 Å². The van der Waals surface area contributed by atoms with Gasteiger partial charge in [0.25, 0.3) is 0 Å². The van der Waals surface area contributed by atoms with Gasteiger partial charge < -0.3 is 14.2 Å². The molecule has 2 heterocycles. The van der Waals surface area contributed by atoms with Gasteiger partial charge in [-0.2, -0.15) is 0 Å². The van der Waals surface area contributed by atoms with Crippen LogP contribution in [0, 0.1) is 23.7 Å². The van der Waals surface area contributed by atoms with Crippen LogP contribution >= 0.6 is 0 Å². The van der Waals surface area contributed by atoms with E-state index < -0.39 is 5.79 Å². The highest BCUT2D eigenvalue weighted by atomic mass is 16.7. The van der Waals surface area contributed by atoms with Crippen molar-refractivity contribution in [2.75, 3.05) is 6.61 Å². The monoisotopic (exact) mass is 258 g/mol. The second-order valence-corrected chi connectivity index (χ2v) is 4.18. The zero-order chi connectivity index (χ0) is 13.7. The van der Waals surface area contributed by atoms with Crippen LogP contribution in [0.25, 0.3) is 0 Å². The highest BCUT2D eigenvalue weighted by molar-refractivity contribution is 5.66. The van der Waals surface area contributed by atoms with Gasteiger partial charge in [0.15, 0.2) is 0 Å². The molecule has 98 valence electrons. The van der Waals surface area contributed by atoms with Crippen molar-refractivity contribution in [1.29, 1.82) is 0 Å². The number of allylic oxidation sites excluding steroid dienone is 2. The van der Waals surface area contributed by atoms with E-state index in [4.69, 9.17) is 14.2 Å². The van der Waals surface area contributed by atoms with Crippen LogP contribution in [-0.4, -0.2) is 24.5 Å². The summed E-state index contributed by atoms with van der Waals surface area (Å²) < 4.78 is 16.4. The summed E-state index contributed by atoms with van der Waals surface area (Å²) in [7, 11) is 0. The summed E-state index contributed by atoms with van der Waals surface area (Å²) in [6, 6.07) is 0. The average Bonchev–Trinajstić information content (AvgIpc) is 2.93. The van der Waals surface area contributed by atoms with Crippen molar-refractivity contribution >= 4 is 5.97 Å². The summed E-state index contributed by atoms with van der Waals surface area (Å²) >= 11 is 0. The lowest BCUT2D eigenvalue weighted by Gasteiger charge is -2.20. The molecule has 4 heteroatoms. The van der Waals surface area contributed by atoms with Gasteiger partial charge in [-0.05, 0) is 30.9 Å². The fourth-order valence-corrected chi connectivity index (χ4v) is 1.93. The van der Waals surface area contributed by atoms with Gasteiger partial charge >= 0.3 is 5.97 Å². The second-order valence-electron chi connectivity index (χ2n) is 4.18. The van der Waals surface area contributed by atoms with Crippen molar-refractivity contribution in [3.63, 3.8) is 0 Å². The highest BCUT2D eigenvalue weighted by Crippen LogP contribution is 2.36. The van der Waals surface area contributed by atoms with E-state index in [0.29, 0.717) is 18.8 Å². The van der Waals surface area contributed by atoms with Gasteiger partial charge in [0.05, 0.1) is 13.0 Å². The number of hydrogen-bond donors (Lipinski definition) is 0. The van der Waals surface area contributed by atoms with Gasteiger partial charge in [0.2, 0.25) is 5.79 Å². The summed E-state index contributed by atoms with van der Waals surface area (Å²) in [5, 5.41) is 0. The Hall–Kier alpha value is -2.17. The Morgan fingerprint density at radius 3 is 3.16 bits per heavy atom. The molecule has 0 bridgehead atoms. The van der Waals surface area contributed by atoms with Crippen LogP contribution in [0.5, 0.6) is 0 Å². The minimum Gasteiger partial charge on any atom is -0.460 e. The molecule has 2 rings (SSSR count). The molecule has 1 fully saturated rings. The predicted molar refractivity (Wildman–Crippen MR) is 68.4 cm³/mol. The van der Waals surface area contributed by atoms with Crippen molar-refractivity contribution in [1.82, 2.24) is 0 Å². The zero-order valence-corrected chi connectivity index (χ0v) is 10.9. The quantitative estimate of drug-likeness (QED) is 0.528. The number of rotatable bonds is 1. The normalized spacial score (nSPS) is 29.4. The largest absolute Gasteiger partial charge is 0.460 e. The molecule has 0 radical (unpaired) electrons. The first-order valence-corrected chi connectivity index (χ1v) is 5.95. The fraction of sp³-hybridized carbons (Fsp3) is 0.400. The molecule has 0 aromatic heterocycles. The summed E-state index contributed by atoms with van der Waals surface area (Å²) in [4.78, 5) is 10.9. The van der Waals surface area contributed by atoms with Crippen molar-refractivity contribution < 1.29 is 19.0 Å². The molecule has 0 unspecified atom stereocenters. The molecule has 2 aliphatic rings. The van der Waals surface area contributed by atoms with E-state index in [-0.39, 0.29) is 12.1 Å². The van der Waals surface area contributed by atoms with Gasteiger partial charge in [-0.1, -0.05) is 11.8 Å². The zero-order valence-electron chi connectivity index (χ0n) is 10.9. The molecule has 2 atom stereocenters. The van der Waals surface area contributed by atoms with Crippen LogP contribution in [0.2, 0.25) is 0 Å². The fourth-order valence-electron chi connectivity index (χ4n) is 1.93. The van der Waals surface area contributed by atoms with Gasteiger partial charge in [-0.15, -0.1) is 0 Å². The molecule has 0 amide bonds. The van der Waals surface area contributed by atoms with Crippen LogP contribution in [0.3, 0.4) is 0 Å². The third kappa shape index (κ3) is 3.40. The lowest BCUT2D eigenvalue weighted by molar-refractivity contribution is -0.146. The Morgan fingerprint density at radius 2 is 2.42 bits per heavy atom. The standard InChI is InChI=1S/C15H14O4/c1-3-4-5-6-7-13-8-9-15(19-13)10-14(11-17-15)18-12(2)16/h7-9,14H,10-11H2,1-2H3/b13-7-/t14-,15-/m1/s1. The number of carbonyl (C=O) groups is 1. The Kier molecular flexibility index (Phi) is 3.94. The molecule has 0 aromatic rings. The first-order valence-electron chi connectivity index (χ1n) is 5.95. The van der Waals surface area contributed by atoms with Crippen molar-refractivity contribution in [2.24, 2.45) is 0 Å². The van der Waals surface area contributed by atoms with Crippen LogP contribution in [-0.2, 0) is 19.0 Å². The van der Waals surface area contributed by atoms with E-state index in [1.54, 1.807) is 19.1 Å². The second kappa shape index (κ2) is 5.65. The minimum atomic E-state index is -0.815. The maximum atomic E-state index is 10.9. The summed E-state index contributed by atoms with van der Waals surface area (Å²) in [5.74, 6) is 10.2. The van der Waals surface area contributed by atoms with Gasteiger partial charge in [-0.25, -0.2) is 0 Å². The first-order chi connectivity index (χ1) is 9.13. The summed E-state index contributed by atoms with van der Waals surface area (Å²) in [5.41, 5.74) is 0.